The number of likely N-dealkylation sites (tertiary alicyclic amines) is 1. The van der Waals surface area contributed by atoms with E-state index in [0.717, 1.165) is 64.3 Å². The first-order chi connectivity index (χ1) is 15.5. The molecule has 1 heterocycles. The van der Waals surface area contributed by atoms with Gasteiger partial charge in [0.05, 0.1) is 5.92 Å². The molecule has 1 saturated carbocycles. The summed E-state index contributed by atoms with van der Waals surface area (Å²) in [7, 11) is 0. The molecule has 1 aliphatic heterocycles. The standard InChI is InChI=1S/C25H36FN3O3/c1-2-3-4-11-23(30)29-16-7-8-19(17-29)25(32)28-22-10-6-5-9-21(22)27-24(31)18-12-14-20(26)15-13-18/h12-15,19,21-22H,2-11,16-17H2,1H3,(H,27,31)(H,28,32)/t19-,21-,22-/m1/s1. The van der Waals surface area contributed by atoms with Gasteiger partial charge in [-0.15, -0.1) is 0 Å². The SMILES string of the molecule is CCCCCC(=O)N1CCC[C@@H](C(=O)N[C@@H]2CCCC[C@H]2NC(=O)c2ccc(F)cc2)C1. The van der Waals surface area contributed by atoms with Crippen molar-refractivity contribution in [1.82, 2.24) is 15.5 Å². The Morgan fingerprint density at radius 3 is 2.34 bits per heavy atom. The summed E-state index contributed by atoms with van der Waals surface area (Å²) in [6.45, 7) is 3.33. The summed E-state index contributed by atoms with van der Waals surface area (Å²) >= 11 is 0. The Morgan fingerprint density at radius 2 is 1.66 bits per heavy atom. The van der Waals surface area contributed by atoms with E-state index in [1.165, 1.54) is 24.3 Å². The van der Waals surface area contributed by atoms with Crippen molar-refractivity contribution in [3.05, 3.63) is 35.6 Å². The maximum atomic E-state index is 13.1. The molecule has 0 aromatic heterocycles. The number of rotatable bonds is 8. The zero-order chi connectivity index (χ0) is 22.9. The number of halogens is 1. The molecular weight excluding hydrogens is 409 g/mol. The molecule has 6 nitrogen and oxygen atoms in total. The van der Waals surface area contributed by atoms with Gasteiger partial charge in [-0.2, -0.15) is 0 Å². The van der Waals surface area contributed by atoms with E-state index in [1.54, 1.807) is 0 Å². The monoisotopic (exact) mass is 445 g/mol. The van der Waals surface area contributed by atoms with Gasteiger partial charge >= 0.3 is 0 Å². The summed E-state index contributed by atoms with van der Waals surface area (Å²) in [5.74, 6) is -0.705. The van der Waals surface area contributed by atoms with Gasteiger partial charge in [0.25, 0.3) is 5.91 Å². The number of amides is 3. The van der Waals surface area contributed by atoms with Crippen LogP contribution in [0.1, 0.15) is 81.5 Å². The molecule has 176 valence electrons. The van der Waals surface area contributed by atoms with Crippen LogP contribution in [-0.2, 0) is 9.59 Å². The van der Waals surface area contributed by atoms with E-state index in [9.17, 15) is 18.8 Å². The molecular formula is C25H36FN3O3. The lowest BCUT2D eigenvalue weighted by Crippen LogP contribution is -2.55. The quantitative estimate of drug-likeness (QED) is 0.598. The maximum absolute atomic E-state index is 13.1. The van der Waals surface area contributed by atoms with Crippen LogP contribution in [0.15, 0.2) is 24.3 Å². The van der Waals surface area contributed by atoms with Gasteiger partial charge in [0.2, 0.25) is 11.8 Å². The van der Waals surface area contributed by atoms with Gasteiger partial charge in [0.1, 0.15) is 5.82 Å². The van der Waals surface area contributed by atoms with E-state index in [0.29, 0.717) is 18.5 Å². The molecule has 2 fully saturated rings. The van der Waals surface area contributed by atoms with Crippen molar-refractivity contribution in [1.29, 1.82) is 0 Å². The minimum absolute atomic E-state index is 0.0241. The van der Waals surface area contributed by atoms with Crippen LogP contribution in [0.2, 0.25) is 0 Å². The van der Waals surface area contributed by atoms with Crippen LogP contribution in [0.4, 0.5) is 4.39 Å². The van der Waals surface area contributed by atoms with Crippen molar-refractivity contribution >= 4 is 17.7 Å². The van der Waals surface area contributed by atoms with Gasteiger partial charge in [-0.05, 0) is 56.4 Å². The molecule has 0 spiro atoms. The Morgan fingerprint density at radius 1 is 0.969 bits per heavy atom. The smallest absolute Gasteiger partial charge is 0.251 e. The second-order valence-corrected chi connectivity index (χ2v) is 9.12. The second kappa shape index (κ2) is 12.0. The largest absolute Gasteiger partial charge is 0.351 e. The number of benzene rings is 1. The van der Waals surface area contributed by atoms with E-state index >= 15 is 0 Å². The predicted molar refractivity (Wildman–Crippen MR) is 121 cm³/mol. The van der Waals surface area contributed by atoms with Crippen molar-refractivity contribution in [2.45, 2.75) is 83.2 Å². The fourth-order valence-electron chi connectivity index (χ4n) is 4.73. The van der Waals surface area contributed by atoms with Gasteiger partial charge < -0.3 is 15.5 Å². The van der Waals surface area contributed by atoms with Crippen LogP contribution in [0.5, 0.6) is 0 Å². The zero-order valence-electron chi connectivity index (χ0n) is 19.1. The zero-order valence-corrected chi connectivity index (χ0v) is 19.1. The van der Waals surface area contributed by atoms with E-state index in [1.807, 2.05) is 4.90 Å². The van der Waals surface area contributed by atoms with E-state index in [-0.39, 0.29) is 41.5 Å². The van der Waals surface area contributed by atoms with Crippen LogP contribution in [0.3, 0.4) is 0 Å². The lowest BCUT2D eigenvalue weighted by Gasteiger charge is -2.36. The summed E-state index contributed by atoms with van der Waals surface area (Å²) in [5, 5.41) is 6.19. The van der Waals surface area contributed by atoms with Gasteiger partial charge in [-0.3, -0.25) is 14.4 Å². The first kappa shape index (κ1) is 24.2. The number of hydrogen-bond donors (Lipinski definition) is 2. The summed E-state index contributed by atoms with van der Waals surface area (Å²) in [6, 6.07) is 5.20. The summed E-state index contributed by atoms with van der Waals surface area (Å²) in [6.07, 6.45) is 8.82. The molecule has 3 amide bonds. The first-order valence-corrected chi connectivity index (χ1v) is 12.1. The maximum Gasteiger partial charge on any atom is 0.251 e. The highest BCUT2D eigenvalue weighted by molar-refractivity contribution is 5.94. The third-order valence-electron chi connectivity index (χ3n) is 6.66. The van der Waals surface area contributed by atoms with Gasteiger partial charge in [0.15, 0.2) is 0 Å². The Bertz CT molecular complexity index is 783. The predicted octanol–water partition coefficient (Wildman–Crippen LogP) is 3.80. The number of carbonyl (C=O) groups is 3. The third-order valence-corrected chi connectivity index (χ3v) is 6.66. The second-order valence-electron chi connectivity index (χ2n) is 9.12. The molecule has 32 heavy (non-hydrogen) atoms. The Hall–Kier alpha value is -2.44. The van der Waals surface area contributed by atoms with Crippen molar-refractivity contribution in [2.75, 3.05) is 13.1 Å². The van der Waals surface area contributed by atoms with E-state index in [2.05, 4.69) is 17.6 Å². The average molecular weight is 446 g/mol. The van der Waals surface area contributed by atoms with Crippen LogP contribution in [0, 0.1) is 11.7 Å². The van der Waals surface area contributed by atoms with Gasteiger partial charge in [-0.1, -0.05) is 32.6 Å². The summed E-state index contributed by atoms with van der Waals surface area (Å²) < 4.78 is 13.1. The minimum atomic E-state index is -0.380. The number of nitrogens with zero attached hydrogens (tertiary/aromatic N) is 1. The van der Waals surface area contributed by atoms with Crippen molar-refractivity contribution in [3.63, 3.8) is 0 Å². The lowest BCUT2D eigenvalue weighted by molar-refractivity contribution is -0.136. The summed E-state index contributed by atoms with van der Waals surface area (Å²) in [4.78, 5) is 40.0. The molecule has 1 aromatic rings. The normalized spacial score (nSPS) is 23.4. The molecule has 1 aromatic carbocycles. The number of nitrogens with one attached hydrogen (secondary N) is 2. The Balaban J connectivity index is 1.54. The highest BCUT2D eigenvalue weighted by Crippen LogP contribution is 2.22. The highest BCUT2D eigenvalue weighted by Gasteiger charge is 2.33. The number of hydrogen-bond acceptors (Lipinski definition) is 3. The number of carbonyl (C=O) groups excluding carboxylic acids is 3. The van der Waals surface area contributed by atoms with Gasteiger partial charge in [-0.25, -0.2) is 4.39 Å². The topological polar surface area (TPSA) is 78.5 Å². The van der Waals surface area contributed by atoms with Crippen LogP contribution < -0.4 is 10.6 Å². The lowest BCUT2D eigenvalue weighted by atomic mass is 9.88. The molecule has 2 N–H and O–H groups in total. The number of piperidine rings is 1. The third kappa shape index (κ3) is 6.78. The van der Waals surface area contributed by atoms with Crippen LogP contribution >= 0.6 is 0 Å². The molecule has 0 radical (unpaired) electrons. The van der Waals surface area contributed by atoms with Gasteiger partial charge in [0, 0.05) is 37.2 Å². The molecule has 3 atom stereocenters. The van der Waals surface area contributed by atoms with Crippen LogP contribution in [-0.4, -0.2) is 47.8 Å². The average Bonchev–Trinajstić information content (AvgIpc) is 2.81. The molecule has 1 aliphatic carbocycles. The fourth-order valence-corrected chi connectivity index (χ4v) is 4.73. The molecule has 0 unspecified atom stereocenters. The molecule has 3 rings (SSSR count). The van der Waals surface area contributed by atoms with E-state index < -0.39 is 0 Å². The molecule has 7 heteroatoms. The highest BCUT2D eigenvalue weighted by atomic mass is 19.1. The fraction of sp³-hybridized carbons (Fsp3) is 0.640. The number of unbranched alkanes of at least 4 members (excludes halogenated alkanes) is 2. The molecule has 1 saturated heterocycles. The van der Waals surface area contributed by atoms with Crippen molar-refractivity contribution in [3.8, 4) is 0 Å². The Labute approximate surface area is 190 Å². The van der Waals surface area contributed by atoms with E-state index in [4.69, 9.17) is 0 Å². The van der Waals surface area contributed by atoms with Crippen LogP contribution in [0.25, 0.3) is 0 Å². The molecule has 2 aliphatic rings. The molecule has 0 bridgehead atoms. The van der Waals surface area contributed by atoms with Crippen molar-refractivity contribution in [2.24, 2.45) is 5.92 Å². The minimum Gasteiger partial charge on any atom is -0.351 e. The summed E-state index contributed by atoms with van der Waals surface area (Å²) in [5.41, 5.74) is 0.409. The first-order valence-electron chi connectivity index (χ1n) is 12.1. The van der Waals surface area contributed by atoms with Crippen molar-refractivity contribution < 1.29 is 18.8 Å². The Kier molecular flexibility index (Phi) is 9.06.